The van der Waals surface area contributed by atoms with Gasteiger partial charge in [-0.2, -0.15) is 5.10 Å². The summed E-state index contributed by atoms with van der Waals surface area (Å²) in [6, 6.07) is 3.68. The van der Waals surface area contributed by atoms with Crippen LogP contribution < -0.4 is 0 Å². The molecule has 0 saturated heterocycles. The number of aliphatic hydroxyl groups excluding tert-OH is 1. The second-order valence-corrected chi connectivity index (χ2v) is 3.27. The molecule has 0 aliphatic carbocycles. The minimum atomic E-state index is -0.625. The van der Waals surface area contributed by atoms with Crippen LogP contribution in [0.25, 0.3) is 5.65 Å². The van der Waals surface area contributed by atoms with Crippen molar-refractivity contribution in [2.45, 2.75) is 12.7 Å². The Labute approximate surface area is 80.0 Å². The first-order chi connectivity index (χ1) is 6.86. The topological polar surface area (TPSA) is 59.7 Å². The zero-order valence-electron chi connectivity index (χ0n) is 7.42. The highest BCUT2D eigenvalue weighted by Crippen LogP contribution is 2.24. The van der Waals surface area contributed by atoms with Crippen LogP contribution in [0.5, 0.6) is 0 Å². The van der Waals surface area contributed by atoms with E-state index in [1.807, 2.05) is 12.1 Å². The van der Waals surface area contributed by atoms with Crippen molar-refractivity contribution in [3.05, 3.63) is 29.7 Å². The molecule has 72 valence electrons. The summed E-state index contributed by atoms with van der Waals surface area (Å²) in [5.41, 5.74) is 2.29. The predicted molar refractivity (Wildman–Crippen MR) is 47.6 cm³/mol. The van der Waals surface area contributed by atoms with Gasteiger partial charge < -0.3 is 9.84 Å². The molecule has 1 aliphatic rings. The molecule has 1 N–H and O–H groups in total. The monoisotopic (exact) mass is 191 g/mol. The van der Waals surface area contributed by atoms with Gasteiger partial charge in [-0.25, -0.2) is 9.50 Å². The van der Waals surface area contributed by atoms with E-state index in [2.05, 4.69) is 10.1 Å². The Kier molecular flexibility index (Phi) is 1.56. The van der Waals surface area contributed by atoms with Crippen LogP contribution in [0.2, 0.25) is 0 Å². The van der Waals surface area contributed by atoms with Gasteiger partial charge in [0.2, 0.25) is 0 Å². The summed E-state index contributed by atoms with van der Waals surface area (Å²) in [7, 11) is 0. The molecule has 0 amide bonds. The van der Waals surface area contributed by atoms with E-state index in [0.717, 1.165) is 11.3 Å². The number of imidazole rings is 1. The van der Waals surface area contributed by atoms with Gasteiger partial charge in [0.1, 0.15) is 6.10 Å². The molecule has 1 atom stereocenters. The Morgan fingerprint density at radius 1 is 1.57 bits per heavy atom. The van der Waals surface area contributed by atoms with Crippen LogP contribution >= 0.6 is 0 Å². The van der Waals surface area contributed by atoms with Crippen LogP contribution in [-0.2, 0) is 11.3 Å². The molecule has 5 heteroatoms. The van der Waals surface area contributed by atoms with E-state index in [4.69, 9.17) is 4.74 Å². The van der Waals surface area contributed by atoms with Gasteiger partial charge in [0.25, 0.3) is 0 Å². The summed E-state index contributed by atoms with van der Waals surface area (Å²) < 4.78 is 6.93. The van der Waals surface area contributed by atoms with Crippen LogP contribution in [0.3, 0.4) is 0 Å². The van der Waals surface area contributed by atoms with E-state index < -0.39 is 6.10 Å². The summed E-state index contributed by atoms with van der Waals surface area (Å²) in [5, 5.41) is 13.8. The fourth-order valence-electron chi connectivity index (χ4n) is 1.70. The van der Waals surface area contributed by atoms with Crippen molar-refractivity contribution < 1.29 is 9.84 Å². The third-order valence-electron chi connectivity index (χ3n) is 2.35. The SMILES string of the molecule is OC1COCc2c1nc1cccnn21. The van der Waals surface area contributed by atoms with Crippen molar-refractivity contribution in [3.8, 4) is 0 Å². The van der Waals surface area contributed by atoms with Gasteiger partial charge in [0.05, 0.1) is 24.6 Å². The Balaban J connectivity index is 2.32. The van der Waals surface area contributed by atoms with E-state index in [1.54, 1.807) is 10.7 Å². The van der Waals surface area contributed by atoms with Gasteiger partial charge in [0, 0.05) is 6.20 Å². The van der Waals surface area contributed by atoms with Gasteiger partial charge in [-0.15, -0.1) is 0 Å². The van der Waals surface area contributed by atoms with Gasteiger partial charge >= 0.3 is 0 Å². The second-order valence-electron chi connectivity index (χ2n) is 3.27. The summed E-state index contributed by atoms with van der Waals surface area (Å²) in [5.74, 6) is 0. The number of hydrogen-bond donors (Lipinski definition) is 1. The van der Waals surface area contributed by atoms with Crippen LogP contribution in [-0.4, -0.2) is 26.3 Å². The molecular formula is C9H9N3O2. The summed E-state index contributed by atoms with van der Waals surface area (Å²) in [6.07, 6.45) is 1.07. The largest absolute Gasteiger partial charge is 0.384 e. The van der Waals surface area contributed by atoms with Crippen LogP contribution in [0.15, 0.2) is 18.3 Å². The standard InChI is InChI=1S/C9H9N3O2/c13-7-5-14-4-6-9(7)11-8-2-1-3-10-12(6)8/h1-3,7,13H,4-5H2. The van der Waals surface area contributed by atoms with E-state index >= 15 is 0 Å². The number of nitrogens with zero attached hydrogens (tertiary/aromatic N) is 3. The maximum Gasteiger partial charge on any atom is 0.154 e. The molecule has 0 bridgehead atoms. The van der Waals surface area contributed by atoms with Gasteiger partial charge in [-0.1, -0.05) is 0 Å². The molecule has 3 rings (SSSR count). The van der Waals surface area contributed by atoms with E-state index in [0.29, 0.717) is 18.9 Å². The third-order valence-corrected chi connectivity index (χ3v) is 2.35. The first kappa shape index (κ1) is 7.90. The Morgan fingerprint density at radius 3 is 3.43 bits per heavy atom. The number of fused-ring (bicyclic) bond motifs is 3. The van der Waals surface area contributed by atoms with E-state index in [-0.39, 0.29) is 0 Å². The maximum absolute atomic E-state index is 9.63. The molecule has 0 spiro atoms. The molecule has 0 aromatic carbocycles. The molecule has 2 aromatic heterocycles. The Bertz CT molecular complexity index is 480. The minimum Gasteiger partial charge on any atom is -0.384 e. The van der Waals surface area contributed by atoms with E-state index in [9.17, 15) is 5.11 Å². The fraction of sp³-hybridized carbons (Fsp3) is 0.333. The smallest absolute Gasteiger partial charge is 0.154 e. The Hall–Kier alpha value is -1.46. The van der Waals surface area contributed by atoms with Gasteiger partial charge in [-0.05, 0) is 12.1 Å². The van der Waals surface area contributed by atoms with Crippen LogP contribution in [0.1, 0.15) is 17.5 Å². The van der Waals surface area contributed by atoms with Crippen molar-refractivity contribution in [2.75, 3.05) is 6.61 Å². The highest BCUT2D eigenvalue weighted by Gasteiger charge is 2.24. The molecule has 2 aromatic rings. The molecule has 14 heavy (non-hydrogen) atoms. The molecule has 0 radical (unpaired) electrons. The first-order valence-electron chi connectivity index (χ1n) is 4.44. The first-order valence-corrected chi connectivity index (χ1v) is 4.44. The second kappa shape index (κ2) is 2.76. The lowest BCUT2D eigenvalue weighted by Crippen LogP contribution is -2.17. The van der Waals surface area contributed by atoms with Crippen molar-refractivity contribution in [3.63, 3.8) is 0 Å². The Morgan fingerprint density at radius 2 is 2.50 bits per heavy atom. The van der Waals surface area contributed by atoms with Crippen molar-refractivity contribution in [2.24, 2.45) is 0 Å². The lowest BCUT2D eigenvalue weighted by Gasteiger charge is -2.16. The number of ether oxygens (including phenoxy) is 1. The number of rotatable bonds is 0. The zero-order valence-corrected chi connectivity index (χ0v) is 7.42. The van der Waals surface area contributed by atoms with E-state index in [1.165, 1.54) is 0 Å². The maximum atomic E-state index is 9.63. The lowest BCUT2D eigenvalue weighted by molar-refractivity contribution is 0.00540. The average Bonchev–Trinajstić information content (AvgIpc) is 2.59. The third kappa shape index (κ3) is 0.964. The van der Waals surface area contributed by atoms with Crippen molar-refractivity contribution in [1.29, 1.82) is 0 Å². The number of hydrogen-bond acceptors (Lipinski definition) is 4. The quantitative estimate of drug-likeness (QED) is 0.650. The van der Waals surface area contributed by atoms with Crippen molar-refractivity contribution >= 4 is 5.65 Å². The molecule has 0 saturated carbocycles. The zero-order chi connectivity index (χ0) is 9.54. The average molecular weight is 191 g/mol. The minimum absolute atomic E-state index is 0.316. The number of aromatic nitrogens is 3. The van der Waals surface area contributed by atoms with Crippen LogP contribution in [0, 0.1) is 0 Å². The molecule has 0 fully saturated rings. The summed E-state index contributed by atoms with van der Waals surface area (Å²) in [4.78, 5) is 4.30. The highest BCUT2D eigenvalue weighted by atomic mass is 16.5. The molecule has 5 nitrogen and oxygen atoms in total. The normalized spacial score (nSPS) is 21.1. The predicted octanol–water partition coefficient (Wildman–Crippen LogP) is 0.293. The highest BCUT2D eigenvalue weighted by molar-refractivity contribution is 5.42. The van der Waals surface area contributed by atoms with Gasteiger partial charge in [0.15, 0.2) is 5.65 Å². The molecular weight excluding hydrogens is 182 g/mol. The lowest BCUT2D eigenvalue weighted by atomic mass is 10.2. The number of aliphatic hydroxyl groups is 1. The van der Waals surface area contributed by atoms with Crippen LogP contribution in [0.4, 0.5) is 0 Å². The van der Waals surface area contributed by atoms with Gasteiger partial charge in [-0.3, -0.25) is 0 Å². The molecule has 1 unspecified atom stereocenters. The molecule has 1 aliphatic heterocycles. The fourth-order valence-corrected chi connectivity index (χ4v) is 1.70. The summed E-state index contributed by atoms with van der Waals surface area (Å²) in [6.45, 7) is 0.779. The summed E-state index contributed by atoms with van der Waals surface area (Å²) >= 11 is 0. The molecule has 3 heterocycles. The van der Waals surface area contributed by atoms with Crippen molar-refractivity contribution in [1.82, 2.24) is 14.6 Å².